The Bertz CT molecular complexity index is 212. The van der Waals surface area contributed by atoms with Crippen molar-refractivity contribution in [2.45, 2.75) is 38.6 Å². The maximum absolute atomic E-state index is 3.43. The van der Waals surface area contributed by atoms with Gasteiger partial charge in [-0.1, -0.05) is 13.8 Å². The topological polar surface area (TPSA) is 18.5 Å². The number of nitrogens with zero attached hydrogens (tertiary/aromatic N) is 2. The lowest BCUT2D eigenvalue weighted by Gasteiger charge is -2.49. The van der Waals surface area contributed by atoms with Crippen LogP contribution in [0, 0.1) is 5.92 Å². The predicted octanol–water partition coefficient (Wildman–Crippen LogP) is 1.65. The zero-order chi connectivity index (χ0) is 12.9. The second kappa shape index (κ2) is 6.72. The van der Waals surface area contributed by atoms with Crippen LogP contribution in [0.2, 0.25) is 0 Å². The fourth-order valence-corrected chi connectivity index (χ4v) is 2.89. The summed E-state index contributed by atoms with van der Waals surface area (Å²) in [4.78, 5) is 4.95. The molecule has 0 radical (unpaired) electrons. The lowest BCUT2D eigenvalue weighted by Crippen LogP contribution is -2.57. The molecule has 1 unspecified atom stereocenters. The summed E-state index contributed by atoms with van der Waals surface area (Å²) < 4.78 is 0. The van der Waals surface area contributed by atoms with Crippen LogP contribution in [0.5, 0.6) is 0 Å². The van der Waals surface area contributed by atoms with Gasteiger partial charge in [-0.15, -0.1) is 0 Å². The molecule has 1 aliphatic carbocycles. The van der Waals surface area contributed by atoms with Gasteiger partial charge in [0.2, 0.25) is 0 Å². The summed E-state index contributed by atoms with van der Waals surface area (Å²) in [6.45, 7) is 9.14. The Kier molecular flexibility index (Phi) is 5.90. The van der Waals surface area contributed by atoms with Crippen molar-refractivity contribution in [1.82, 2.24) is 15.1 Å². The minimum atomic E-state index is 0.465. The molecule has 0 aromatic carbocycles. The summed E-state index contributed by atoms with van der Waals surface area (Å²) >= 11 is 0. The van der Waals surface area contributed by atoms with Gasteiger partial charge in [0.05, 0.1) is 0 Å². The molecule has 0 bridgehead atoms. The highest BCUT2D eigenvalue weighted by molar-refractivity contribution is 4.97. The van der Waals surface area contributed by atoms with Gasteiger partial charge in [-0.05, 0) is 59.4 Å². The Morgan fingerprint density at radius 2 is 1.88 bits per heavy atom. The number of hydrogen-bond acceptors (Lipinski definition) is 3. The number of likely N-dealkylation sites (N-methyl/N-ethyl adjacent to an activating group) is 2. The first kappa shape index (κ1) is 14.9. The normalized spacial score (nSPS) is 20.6. The minimum absolute atomic E-state index is 0.465. The fraction of sp³-hybridized carbons (Fsp3) is 1.00. The highest BCUT2D eigenvalue weighted by atomic mass is 15.2. The van der Waals surface area contributed by atoms with E-state index in [9.17, 15) is 0 Å². The fourth-order valence-electron chi connectivity index (χ4n) is 2.89. The summed E-state index contributed by atoms with van der Waals surface area (Å²) in [6.07, 6.45) is 4.14. The number of rotatable bonds is 8. The van der Waals surface area contributed by atoms with E-state index >= 15 is 0 Å². The standard InChI is InChI=1S/C14H31N3/c1-6-15-10-13(2)11-17(5)12-14(16(3)4)8-7-9-14/h13,15H,6-12H2,1-5H3. The molecule has 102 valence electrons. The monoisotopic (exact) mass is 241 g/mol. The summed E-state index contributed by atoms with van der Waals surface area (Å²) in [5.74, 6) is 0.735. The van der Waals surface area contributed by atoms with Crippen LogP contribution in [0.25, 0.3) is 0 Å². The predicted molar refractivity (Wildman–Crippen MR) is 75.5 cm³/mol. The average Bonchev–Trinajstić information content (AvgIpc) is 2.19. The Morgan fingerprint density at radius 3 is 2.29 bits per heavy atom. The highest BCUT2D eigenvalue weighted by Gasteiger charge is 2.39. The van der Waals surface area contributed by atoms with Crippen LogP contribution in [0.1, 0.15) is 33.1 Å². The Hall–Kier alpha value is -0.120. The maximum Gasteiger partial charge on any atom is 0.0330 e. The van der Waals surface area contributed by atoms with E-state index in [1.165, 1.54) is 32.4 Å². The molecule has 0 saturated heterocycles. The number of nitrogens with one attached hydrogen (secondary N) is 1. The molecule has 1 fully saturated rings. The van der Waals surface area contributed by atoms with E-state index in [1.807, 2.05) is 0 Å². The van der Waals surface area contributed by atoms with Gasteiger partial charge in [0.15, 0.2) is 0 Å². The van der Waals surface area contributed by atoms with Crippen molar-refractivity contribution in [2.75, 3.05) is 47.3 Å². The first-order valence-corrected chi connectivity index (χ1v) is 7.07. The highest BCUT2D eigenvalue weighted by Crippen LogP contribution is 2.36. The molecule has 0 aromatic heterocycles. The molecule has 0 amide bonds. The van der Waals surface area contributed by atoms with E-state index in [1.54, 1.807) is 0 Å². The molecule has 1 N–H and O–H groups in total. The molecule has 0 heterocycles. The third kappa shape index (κ3) is 4.23. The van der Waals surface area contributed by atoms with Crippen LogP contribution in [-0.4, -0.2) is 62.7 Å². The van der Waals surface area contributed by atoms with Gasteiger partial charge in [-0.25, -0.2) is 0 Å². The lowest BCUT2D eigenvalue weighted by atomic mass is 9.75. The molecule has 17 heavy (non-hydrogen) atoms. The molecular weight excluding hydrogens is 210 g/mol. The second-order valence-electron chi connectivity index (χ2n) is 6.08. The Balaban J connectivity index is 2.30. The van der Waals surface area contributed by atoms with Crippen molar-refractivity contribution in [1.29, 1.82) is 0 Å². The largest absolute Gasteiger partial charge is 0.317 e. The van der Waals surface area contributed by atoms with E-state index in [0.717, 1.165) is 19.0 Å². The summed E-state index contributed by atoms with van der Waals surface area (Å²) in [7, 11) is 6.73. The van der Waals surface area contributed by atoms with Gasteiger partial charge in [0, 0.05) is 18.6 Å². The Labute approximate surface area is 108 Å². The van der Waals surface area contributed by atoms with Crippen molar-refractivity contribution >= 4 is 0 Å². The van der Waals surface area contributed by atoms with E-state index in [0.29, 0.717) is 5.54 Å². The molecule has 3 nitrogen and oxygen atoms in total. The summed E-state index contributed by atoms with van der Waals surface area (Å²) in [5.41, 5.74) is 0.465. The SMILES string of the molecule is CCNCC(C)CN(C)CC1(N(C)C)CCC1. The van der Waals surface area contributed by atoms with Crippen molar-refractivity contribution in [2.24, 2.45) is 5.92 Å². The van der Waals surface area contributed by atoms with Crippen LogP contribution >= 0.6 is 0 Å². The summed E-state index contributed by atoms with van der Waals surface area (Å²) in [6, 6.07) is 0. The van der Waals surface area contributed by atoms with Gasteiger partial charge in [0.25, 0.3) is 0 Å². The van der Waals surface area contributed by atoms with Gasteiger partial charge < -0.3 is 15.1 Å². The molecule has 1 saturated carbocycles. The van der Waals surface area contributed by atoms with Crippen LogP contribution in [-0.2, 0) is 0 Å². The van der Waals surface area contributed by atoms with Gasteiger partial charge in [-0.3, -0.25) is 0 Å². The zero-order valence-corrected chi connectivity index (χ0v) is 12.4. The maximum atomic E-state index is 3.43. The van der Waals surface area contributed by atoms with Gasteiger partial charge in [-0.2, -0.15) is 0 Å². The van der Waals surface area contributed by atoms with E-state index in [2.05, 4.69) is 50.1 Å². The van der Waals surface area contributed by atoms with Crippen LogP contribution in [0.3, 0.4) is 0 Å². The first-order chi connectivity index (χ1) is 8.00. The van der Waals surface area contributed by atoms with Crippen molar-refractivity contribution < 1.29 is 0 Å². The van der Waals surface area contributed by atoms with E-state index < -0.39 is 0 Å². The van der Waals surface area contributed by atoms with Gasteiger partial charge in [0.1, 0.15) is 0 Å². The third-order valence-electron chi connectivity index (χ3n) is 4.16. The van der Waals surface area contributed by atoms with Crippen LogP contribution in [0.4, 0.5) is 0 Å². The smallest absolute Gasteiger partial charge is 0.0330 e. The second-order valence-corrected chi connectivity index (χ2v) is 6.08. The van der Waals surface area contributed by atoms with Crippen LogP contribution < -0.4 is 5.32 Å². The van der Waals surface area contributed by atoms with Crippen molar-refractivity contribution in [3.05, 3.63) is 0 Å². The third-order valence-corrected chi connectivity index (χ3v) is 4.16. The quantitative estimate of drug-likeness (QED) is 0.697. The zero-order valence-electron chi connectivity index (χ0n) is 12.4. The molecule has 0 aromatic rings. The molecule has 1 rings (SSSR count). The molecule has 0 aliphatic heterocycles. The minimum Gasteiger partial charge on any atom is -0.317 e. The first-order valence-electron chi connectivity index (χ1n) is 7.07. The summed E-state index contributed by atoms with van der Waals surface area (Å²) in [5, 5.41) is 3.43. The average molecular weight is 241 g/mol. The molecule has 0 spiro atoms. The van der Waals surface area contributed by atoms with Crippen molar-refractivity contribution in [3.63, 3.8) is 0 Å². The molecule has 3 heteroatoms. The molecule has 1 atom stereocenters. The van der Waals surface area contributed by atoms with Crippen molar-refractivity contribution in [3.8, 4) is 0 Å². The van der Waals surface area contributed by atoms with Crippen LogP contribution in [0.15, 0.2) is 0 Å². The lowest BCUT2D eigenvalue weighted by molar-refractivity contribution is 0.0247. The van der Waals surface area contributed by atoms with E-state index in [-0.39, 0.29) is 0 Å². The van der Waals surface area contributed by atoms with Gasteiger partial charge >= 0.3 is 0 Å². The number of hydrogen-bond donors (Lipinski definition) is 1. The molecular formula is C14H31N3. The molecule has 1 aliphatic rings. The van der Waals surface area contributed by atoms with E-state index in [4.69, 9.17) is 0 Å². The Morgan fingerprint density at radius 1 is 1.24 bits per heavy atom.